The largest absolute Gasteiger partial charge is 0.493 e. The molecule has 0 bridgehead atoms. The quantitative estimate of drug-likeness (QED) is 0.646. The van der Waals surface area contributed by atoms with Crippen molar-refractivity contribution in [2.24, 2.45) is 0 Å². The summed E-state index contributed by atoms with van der Waals surface area (Å²) in [6.07, 6.45) is 5.96. The molecule has 0 unspecified atom stereocenters. The molecule has 3 nitrogen and oxygen atoms in total. The second-order valence-corrected chi connectivity index (χ2v) is 5.71. The van der Waals surface area contributed by atoms with Crippen LogP contribution >= 0.6 is 15.9 Å². The van der Waals surface area contributed by atoms with Gasteiger partial charge in [0.05, 0.1) is 14.2 Å². The highest BCUT2D eigenvalue weighted by Crippen LogP contribution is 2.33. The van der Waals surface area contributed by atoms with Gasteiger partial charge in [0.15, 0.2) is 11.5 Å². The lowest BCUT2D eigenvalue weighted by atomic mass is 10.1. The fourth-order valence-electron chi connectivity index (χ4n) is 2.13. The van der Waals surface area contributed by atoms with Crippen molar-refractivity contribution in [1.29, 1.82) is 0 Å². The van der Waals surface area contributed by atoms with Gasteiger partial charge in [0, 0.05) is 4.47 Å². The van der Waals surface area contributed by atoms with Crippen molar-refractivity contribution < 1.29 is 9.47 Å². The van der Waals surface area contributed by atoms with Crippen molar-refractivity contribution in [3.05, 3.63) is 22.2 Å². The van der Waals surface area contributed by atoms with Gasteiger partial charge in [-0.1, -0.05) is 29.3 Å². The maximum Gasteiger partial charge on any atom is 0.161 e. The minimum atomic E-state index is 0.770. The molecule has 0 aliphatic rings. The van der Waals surface area contributed by atoms with Crippen LogP contribution in [-0.4, -0.2) is 27.3 Å². The molecule has 0 fully saturated rings. The summed E-state index contributed by atoms with van der Waals surface area (Å²) >= 11 is 3.61. The SMILES string of the molecule is CCCNCCCCCc1cc(OC)c(OC)cc1Br. The normalized spacial score (nSPS) is 10.6. The predicted molar refractivity (Wildman–Crippen MR) is 88.0 cm³/mol. The van der Waals surface area contributed by atoms with Crippen LogP contribution in [0.3, 0.4) is 0 Å². The first-order valence-electron chi connectivity index (χ1n) is 7.34. The van der Waals surface area contributed by atoms with E-state index < -0.39 is 0 Å². The van der Waals surface area contributed by atoms with Crippen LogP contribution in [0.25, 0.3) is 0 Å². The molecule has 1 aromatic carbocycles. The van der Waals surface area contributed by atoms with Crippen LogP contribution in [0.5, 0.6) is 11.5 Å². The Hall–Kier alpha value is -0.740. The molecule has 0 atom stereocenters. The van der Waals surface area contributed by atoms with Crippen LogP contribution in [0.2, 0.25) is 0 Å². The van der Waals surface area contributed by atoms with E-state index in [9.17, 15) is 0 Å². The molecule has 0 aromatic heterocycles. The number of methoxy groups -OCH3 is 2. The summed E-state index contributed by atoms with van der Waals surface area (Å²) in [6.45, 7) is 4.45. The van der Waals surface area contributed by atoms with Crippen molar-refractivity contribution in [1.82, 2.24) is 5.32 Å². The molecule has 0 radical (unpaired) electrons. The van der Waals surface area contributed by atoms with Crippen LogP contribution in [-0.2, 0) is 6.42 Å². The number of aryl methyl sites for hydroxylation is 1. The van der Waals surface area contributed by atoms with Gasteiger partial charge in [-0.2, -0.15) is 0 Å². The second kappa shape index (κ2) is 10.1. The average molecular weight is 344 g/mol. The van der Waals surface area contributed by atoms with E-state index in [0.717, 1.165) is 35.5 Å². The van der Waals surface area contributed by atoms with Crippen molar-refractivity contribution in [2.45, 2.75) is 39.0 Å². The first-order valence-corrected chi connectivity index (χ1v) is 8.13. The standard InChI is InChI=1S/C16H26BrNO2/c1-4-9-18-10-7-5-6-8-13-11-15(19-2)16(20-3)12-14(13)17/h11-12,18H,4-10H2,1-3H3. The number of hydrogen-bond acceptors (Lipinski definition) is 3. The van der Waals surface area contributed by atoms with E-state index >= 15 is 0 Å². The fourth-order valence-corrected chi connectivity index (χ4v) is 2.65. The van der Waals surface area contributed by atoms with Crippen molar-refractivity contribution in [2.75, 3.05) is 27.3 Å². The molecule has 20 heavy (non-hydrogen) atoms. The van der Waals surface area contributed by atoms with Crippen LogP contribution in [0.4, 0.5) is 0 Å². The number of ether oxygens (including phenoxy) is 2. The Morgan fingerprint density at radius 1 is 1.00 bits per heavy atom. The van der Waals surface area contributed by atoms with Gasteiger partial charge in [0.1, 0.15) is 0 Å². The molecular formula is C16H26BrNO2. The number of rotatable bonds is 10. The highest BCUT2D eigenvalue weighted by molar-refractivity contribution is 9.10. The molecule has 0 amide bonds. The Bertz CT molecular complexity index is 396. The maximum atomic E-state index is 5.35. The van der Waals surface area contributed by atoms with Gasteiger partial charge in [-0.3, -0.25) is 0 Å². The van der Waals surface area contributed by atoms with E-state index in [1.807, 2.05) is 6.07 Å². The molecule has 1 aromatic rings. The Morgan fingerprint density at radius 3 is 2.35 bits per heavy atom. The monoisotopic (exact) mass is 343 g/mol. The smallest absolute Gasteiger partial charge is 0.161 e. The van der Waals surface area contributed by atoms with Gasteiger partial charge in [-0.15, -0.1) is 0 Å². The molecule has 0 aliphatic heterocycles. The lowest BCUT2D eigenvalue weighted by Gasteiger charge is -2.12. The fraction of sp³-hybridized carbons (Fsp3) is 0.625. The van der Waals surface area contributed by atoms with Crippen LogP contribution in [0, 0.1) is 0 Å². The van der Waals surface area contributed by atoms with Crippen molar-refractivity contribution in [3.8, 4) is 11.5 Å². The molecule has 0 spiro atoms. The van der Waals surface area contributed by atoms with Crippen molar-refractivity contribution in [3.63, 3.8) is 0 Å². The molecule has 0 heterocycles. The lowest BCUT2D eigenvalue weighted by molar-refractivity contribution is 0.354. The summed E-state index contributed by atoms with van der Waals surface area (Å²) in [5, 5.41) is 3.43. The van der Waals surface area contributed by atoms with Gasteiger partial charge >= 0.3 is 0 Å². The van der Waals surface area contributed by atoms with Gasteiger partial charge in [-0.25, -0.2) is 0 Å². The maximum absolute atomic E-state index is 5.35. The molecule has 4 heteroatoms. The summed E-state index contributed by atoms with van der Waals surface area (Å²) in [4.78, 5) is 0. The summed E-state index contributed by atoms with van der Waals surface area (Å²) in [5.74, 6) is 1.57. The van der Waals surface area contributed by atoms with E-state index in [2.05, 4.69) is 34.2 Å². The lowest BCUT2D eigenvalue weighted by Crippen LogP contribution is -2.15. The summed E-state index contributed by atoms with van der Waals surface area (Å²) in [7, 11) is 3.34. The molecule has 114 valence electrons. The van der Waals surface area contributed by atoms with Gasteiger partial charge in [0.2, 0.25) is 0 Å². The zero-order chi connectivity index (χ0) is 14.8. The molecular weight excluding hydrogens is 318 g/mol. The first-order chi connectivity index (χ1) is 9.72. The van der Waals surface area contributed by atoms with E-state index in [1.165, 1.54) is 31.2 Å². The van der Waals surface area contributed by atoms with E-state index in [-0.39, 0.29) is 0 Å². The number of halogens is 1. The minimum Gasteiger partial charge on any atom is -0.493 e. The van der Waals surface area contributed by atoms with Crippen LogP contribution in [0.15, 0.2) is 16.6 Å². The van der Waals surface area contributed by atoms with Gasteiger partial charge in [-0.05, 0) is 56.5 Å². The molecule has 0 saturated heterocycles. The van der Waals surface area contributed by atoms with Gasteiger partial charge < -0.3 is 14.8 Å². The highest BCUT2D eigenvalue weighted by Gasteiger charge is 2.09. The number of hydrogen-bond donors (Lipinski definition) is 1. The molecule has 1 rings (SSSR count). The molecule has 1 N–H and O–H groups in total. The number of nitrogens with one attached hydrogen (secondary N) is 1. The first kappa shape index (κ1) is 17.3. The minimum absolute atomic E-state index is 0.770. The second-order valence-electron chi connectivity index (χ2n) is 4.86. The topological polar surface area (TPSA) is 30.5 Å². The molecule has 0 saturated carbocycles. The van der Waals surface area contributed by atoms with Crippen molar-refractivity contribution >= 4 is 15.9 Å². The van der Waals surface area contributed by atoms with E-state index in [1.54, 1.807) is 14.2 Å². The van der Waals surface area contributed by atoms with Crippen LogP contribution < -0.4 is 14.8 Å². The summed E-state index contributed by atoms with van der Waals surface area (Å²) in [5.41, 5.74) is 1.28. The van der Waals surface area contributed by atoms with Gasteiger partial charge in [0.25, 0.3) is 0 Å². The Labute approximate surface area is 131 Å². The zero-order valence-corrected chi connectivity index (χ0v) is 14.4. The third-order valence-corrected chi connectivity index (χ3v) is 4.02. The Balaban J connectivity index is 2.40. The third kappa shape index (κ3) is 5.71. The van der Waals surface area contributed by atoms with E-state index in [0.29, 0.717) is 0 Å². The van der Waals surface area contributed by atoms with Crippen LogP contribution in [0.1, 0.15) is 38.2 Å². The highest BCUT2D eigenvalue weighted by atomic mass is 79.9. The number of benzene rings is 1. The summed E-state index contributed by atoms with van der Waals surface area (Å²) in [6, 6.07) is 4.05. The zero-order valence-electron chi connectivity index (χ0n) is 12.8. The third-order valence-electron chi connectivity index (χ3n) is 3.28. The summed E-state index contributed by atoms with van der Waals surface area (Å²) < 4.78 is 11.7. The predicted octanol–water partition coefficient (Wildman–Crippen LogP) is 4.18. The van der Waals surface area contributed by atoms with E-state index in [4.69, 9.17) is 9.47 Å². The number of unbranched alkanes of at least 4 members (excludes halogenated alkanes) is 2. The molecule has 0 aliphatic carbocycles. The average Bonchev–Trinajstić information content (AvgIpc) is 2.47. The Morgan fingerprint density at radius 2 is 1.70 bits per heavy atom. The Kier molecular flexibility index (Phi) is 8.70.